The molecule has 0 aliphatic carbocycles. The first-order chi connectivity index (χ1) is 17.2. The molecule has 1 aromatic carbocycles. The molecule has 36 heavy (non-hydrogen) atoms. The number of pyridine rings is 1. The average Bonchev–Trinajstić information content (AvgIpc) is 3.23. The lowest BCUT2D eigenvalue weighted by Gasteiger charge is -2.32. The normalized spacial score (nSPS) is 14.2. The first-order valence-corrected chi connectivity index (χ1v) is 12.1. The third-order valence-electron chi connectivity index (χ3n) is 6.94. The minimum Gasteiger partial charge on any atom is -0.480 e. The number of halogens is 1. The van der Waals surface area contributed by atoms with Crippen LogP contribution in [-0.4, -0.2) is 70.7 Å². The summed E-state index contributed by atoms with van der Waals surface area (Å²) in [5.74, 6) is -1.14. The van der Waals surface area contributed by atoms with Crippen LogP contribution in [0.5, 0.6) is 5.88 Å². The summed E-state index contributed by atoms with van der Waals surface area (Å²) in [6.07, 6.45) is 4.06. The number of ether oxygens (including phenoxy) is 1. The largest absolute Gasteiger partial charge is 0.480 e. The molecule has 0 bridgehead atoms. The molecule has 2 amide bonds. The first-order valence-electron chi connectivity index (χ1n) is 12.1. The number of carbonyl (C=O) groups excluding carboxylic acids is 3. The quantitative estimate of drug-likeness (QED) is 0.371. The van der Waals surface area contributed by atoms with E-state index < -0.39 is 11.7 Å². The molecule has 1 aliphatic rings. The Kier molecular flexibility index (Phi) is 7.37. The SMILES string of the molecule is CCN(C)C(=O)C(=O)c1cn(C)c2nc(OC)c(C(=O)N3CCC(Cc4ccc(F)cc4)CC3)cc12. The van der Waals surface area contributed by atoms with Crippen LogP contribution in [0.4, 0.5) is 4.39 Å². The molecule has 3 aromatic rings. The topological polar surface area (TPSA) is 84.7 Å². The molecule has 9 heteroatoms. The highest BCUT2D eigenvalue weighted by Gasteiger charge is 2.29. The molecule has 0 spiro atoms. The number of likely N-dealkylation sites (N-methyl/N-ethyl adjacent to an activating group) is 1. The Balaban J connectivity index is 1.56. The molecule has 3 heterocycles. The van der Waals surface area contributed by atoms with Crippen molar-refractivity contribution < 1.29 is 23.5 Å². The predicted molar refractivity (Wildman–Crippen MR) is 134 cm³/mol. The maximum absolute atomic E-state index is 13.5. The fraction of sp³-hybridized carbons (Fsp3) is 0.407. The molecular weight excluding hydrogens is 463 g/mol. The second-order valence-electron chi connectivity index (χ2n) is 9.28. The van der Waals surface area contributed by atoms with Gasteiger partial charge in [-0.15, -0.1) is 0 Å². The van der Waals surface area contributed by atoms with Crippen LogP contribution in [0.1, 0.15) is 46.0 Å². The van der Waals surface area contributed by atoms with Gasteiger partial charge in [0.05, 0.1) is 12.7 Å². The number of amides is 2. The summed E-state index contributed by atoms with van der Waals surface area (Å²) in [6.45, 7) is 3.35. The summed E-state index contributed by atoms with van der Waals surface area (Å²) < 4.78 is 20.3. The summed E-state index contributed by atoms with van der Waals surface area (Å²) in [5, 5.41) is 0.440. The molecule has 1 aliphatic heterocycles. The number of aromatic nitrogens is 2. The highest BCUT2D eigenvalue weighted by molar-refractivity contribution is 6.44. The Bertz CT molecular complexity index is 1290. The van der Waals surface area contributed by atoms with E-state index in [1.165, 1.54) is 24.1 Å². The van der Waals surface area contributed by atoms with E-state index in [0.29, 0.717) is 36.6 Å². The number of likely N-dealkylation sites (tertiary alicyclic amines) is 1. The minimum atomic E-state index is -0.642. The fourth-order valence-corrected chi connectivity index (χ4v) is 4.66. The number of Topliss-reactive ketones (excluding diaryl/α,β-unsaturated/α-hetero) is 1. The lowest BCUT2D eigenvalue weighted by molar-refractivity contribution is -0.125. The molecule has 1 saturated heterocycles. The average molecular weight is 495 g/mol. The van der Waals surface area contributed by atoms with Crippen LogP contribution >= 0.6 is 0 Å². The third kappa shape index (κ3) is 4.96. The summed E-state index contributed by atoms with van der Waals surface area (Å²) >= 11 is 0. The molecule has 2 aromatic heterocycles. The van der Waals surface area contributed by atoms with Crippen LogP contribution in [0.15, 0.2) is 36.5 Å². The summed E-state index contributed by atoms with van der Waals surface area (Å²) in [4.78, 5) is 46.6. The van der Waals surface area contributed by atoms with Gasteiger partial charge in [-0.1, -0.05) is 12.1 Å². The molecular formula is C27H31FN4O4. The van der Waals surface area contributed by atoms with Crippen LogP contribution in [0.3, 0.4) is 0 Å². The number of hydrogen-bond acceptors (Lipinski definition) is 5. The smallest absolute Gasteiger partial charge is 0.294 e. The van der Waals surface area contributed by atoms with E-state index in [0.717, 1.165) is 24.8 Å². The minimum absolute atomic E-state index is 0.179. The Morgan fingerprint density at radius 3 is 2.42 bits per heavy atom. The molecule has 0 atom stereocenters. The maximum Gasteiger partial charge on any atom is 0.294 e. The van der Waals surface area contributed by atoms with Crippen LogP contribution in [0.25, 0.3) is 11.0 Å². The molecule has 0 N–H and O–H groups in total. The number of aryl methyl sites for hydroxylation is 1. The monoisotopic (exact) mass is 494 g/mol. The number of ketones is 1. The highest BCUT2D eigenvalue weighted by atomic mass is 19.1. The van der Waals surface area contributed by atoms with Gasteiger partial charge in [0.1, 0.15) is 17.0 Å². The predicted octanol–water partition coefficient (Wildman–Crippen LogP) is 3.48. The van der Waals surface area contributed by atoms with E-state index in [2.05, 4.69) is 4.98 Å². The Morgan fingerprint density at radius 2 is 1.81 bits per heavy atom. The van der Waals surface area contributed by atoms with Crippen molar-refractivity contribution in [2.75, 3.05) is 33.8 Å². The van der Waals surface area contributed by atoms with Gasteiger partial charge in [-0.2, -0.15) is 4.98 Å². The zero-order chi connectivity index (χ0) is 26.0. The van der Waals surface area contributed by atoms with Gasteiger partial charge in [0.2, 0.25) is 5.88 Å². The molecule has 0 unspecified atom stereocenters. The number of benzene rings is 1. The molecule has 1 fully saturated rings. The van der Waals surface area contributed by atoms with E-state index in [1.807, 2.05) is 0 Å². The maximum atomic E-state index is 13.5. The zero-order valence-electron chi connectivity index (χ0n) is 21.1. The Hall–Kier alpha value is -3.75. The number of piperidine rings is 1. The molecule has 4 rings (SSSR count). The number of carbonyl (C=O) groups is 3. The summed E-state index contributed by atoms with van der Waals surface area (Å²) in [6, 6.07) is 8.17. The second-order valence-corrected chi connectivity index (χ2v) is 9.28. The van der Waals surface area contributed by atoms with Crippen LogP contribution in [0.2, 0.25) is 0 Å². The number of nitrogens with zero attached hydrogens (tertiary/aromatic N) is 4. The van der Waals surface area contributed by atoms with Crippen LogP contribution in [0, 0.1) is 11.7 Å². The molecule has 8 nitrogen and oxygen atoms in total. The number of hydrogen-bond donors (Lipinski definition) is 0. The number of rotatable bonds is 7. The van der Waals surface area contributed by atoms with Crippen molar-refractivity contribution in [2.24, 2.45) is 13.0 Å². The first kappa shape index (κ1) is 25.3. The van der Waals surface area contributed by atoms with Crippen molar-refractivity contribution in [1.29, 1.82) is 0 Å². The van der Waals surface area contributed by atoms with Crippen molar-refractivity contribution in [3.63, 3.8) is 0 Å². The van der Waals surface area contributed by atoms with Gasteiger partial charge in [-0.3, -0.25) is 14.4 Å². The van der Waals surface area contributed by atoms with Crippen molar-refractivity contribution in [2.45, 2.75) is 26.2 Å². The van der Waals surface area contributed by atoms with Gasteiger partial charge >= 0.3 is 0 Å². The van der Waals surface area contributed by atoms with E-state index in [9.17, 15) is 18.8 Å². The molecule has 190 valence electrons. The van der Waals surface area contributed by atoms with Gasteiger partial charge in [0, 0.05) is 45.3 Å². The standard InChI is InChI=1S/C27H31FN4O4/c1-5-30(2)27(35)23(33)22-16-31(3)24-20(22)15-21(25(29-24)36-4)26(34)32-12-10-18(11-13-32)14-17-6-8-19(28)9-7-17/h6-9,15-16,18H,5,10-14H2,1-4H3. The lowest BCUT2D eigenvalue weighted by atomic mass is 9.90. The van der Waals surface area contributed by atoms with E-state index in [4.69, 9.17) is 4.74 Å². The van der Waals surface area contributed by atoms with Crippen molar-refractivity contribution in [3.05, 3.63) is 59.0 Å². The number of fused-ring (bicyclic) bond motifs is 1. The van der Waals surface area contributed by atoms with Gasteiger partial charge in [-0.05, 0) is 55.9 Å². The van der Waals surface area contributed by atoms with Crippen LogP contribution < -0.4 is 4.74 Å². The third-order valence-corrected chi connectivity index (χ3v) is 6.94. The van der Waals surface area contributed by atoms with Crippen molar-refractivity contribution in [3.8, 4) is 5.88 Å². The van der Waals surface area contributed by atoms with Gasteiger partial charge in [0.15, 0.2) is 0 Å². The van der Waals surface area contributed by atoms with Gasteiger partial charge < -0.3 is 19.1 Å². The highest BCUT2D eigenvalue weighted by Crippen LogP contribution is 2.29. The Morgan fingerprint density at radius 1 is 1.14 bits per heavy atom. The van der Waals surface area contributed by atoms with Crippen molar-refractivity contribution >= 4 is 28.6 Å². The molecule has 0 saturated carbocycles. The summed E-state index contributed by atoms with van der Waals surface area (Å²) in [5.41, 5.74) is 2.01. The Labute approximate surface area is 209 Å². The van der Waals surface area contributed by atoms with Crippen molar-refractivity contribution in [1.82, 2.24) is 19.4 Å². The molecule has 0 radical (unpaired) electrons. The fourth-order valence-electron chi connectivity index (χ4n) is 4.66. The van der Waals surface area contributed by atoms with E-state index in [1.54, 1.807) is 54.9 Å². The van der Waals surface area contributed by atoms with Crippen LogP contribution in [-0.2, 0) is 18.3 Å². The van der Waals surface area contributed by atoms with E-state index >= 15 is 0 Å². The second kappa shape index (κ2) is 10.5. The number of methoxy groups -OCH3 is 1. The van der Waals surface area contributed by atoms with Gasteiger partial charge in [-0.25, -0.2) is 4.39 Å². The lowest BCUT2D eigenvalue weighted by Crippen LogP contribution is -2.39. The summed E-state index contributed by atoms with van der Waals surface area (Å²) in [7, 11) is 4.75. The zero-order valence-corrected chi connectivity index (χ0v) is 21.1. The van der Waals surface area contributed by atoms with E-state index in [-0.39, 0.29) is 28.7 Å². The van der Waals surface area contributed by atoms with Gasteiger partial charge in [0.25, 0.3) is 17.6 Å².